The Hall–Kier alpha value is -2.86. The van der Waals surface area contributed by atoms with E-state index >= 15 is 0 Å². The maximum Gasteiger partial charge on any atom is 0.335 e. The van der Waals surface area contributed by atoms with E-state index < -0.39 is 5.97 Å². The highest BCUT2D eigenvalue weighted by atomic mass is 16.4. The SMILES string of the molecule is Nc1ccc(C(=O)Nc2ccc(C(=O)O)cc2)cc1.O. The van der Waals surface area contributed by atoms with Crippen LogP contribution in [-0.4, -0.2) is 22.5 Å². The summed E-state index contributed by atoms with van der Waals surface area (Å²) < 4.78 is 0. The number of amides is 1. The van der Waals surface area contributed by atoms with Gasteiger partial charge in [0.05, 0.1) is 5.56 Å². The largest absolute Gasteiger partial charge is 0.478 e. The Labute approximate surface area is 115 Å². The van der Waals surface area contributed by atoms with Gasteiger partial charge in [-0.3, -0.25) is 4.79 Å². The highest BCUT2D eigenvalue weighted by Gasteiger charge is 2.06. The Bertz CT molecular complexity index is 606. The molecule has 0 radical (unpaired) electrons. The quantitative estimate of drug-likeness (QED) is 0.731. The van der Waals surface area contributed by atoms with Gasteiger partial charge in [-0.15, -0.1) is 0 Å². The van der Waals surface area contributed by atoms with Gasteiger partial charge in [-0.2, -0.15) is 0 Å². The molecule has 0 aliphatic rings. The number of carbonyl (C=O) groups excluding carboxylic acids is 1. The molecule has 6 heteroatoms. The maximum atomic E-state index is 11.9. The molecule has 0 aromatic heterocycles. The predicted octanol–water partition coefficient (Wildman–Crippen LogP) is 1.39. The molecule has 0 aliphatic carbocycles. The van der Waals surface area contributed by atoms with Crippen molar-refractivity contribution in [3.8, 4) is 0 Å². The second-order valence-electron chi connectivity index (χ2n) is 3.96. The van der Waals surface area contributed by atoms with Crippen molar-refractivity contribution in [1.82, 2.24) is 0 Å². The van der Waals surface area contributed by atoms with Gasteiger partial charge in [0.1, 0.15) is 0 Å². The van der Waals surface area contributed by atoms with Crippen LogP contribution in [0.2, 0.25) is 0 Å². The molecular weight excluding hydrogens is 260 g/mol. The molecule has 6 nitrogen and oxygen atoms in total. The number of carbonyl (C=O) groups is 2. The zero-order chi connectivity index (χ0) is 13.8. The van der Waals surface area contributed by atoms with Gasteiger partial charge in [0.15, 0.2) is 0 Å². The normalized spacial score (nSPS) is 9.40. The van der Waals surface area contributed by atoms with Crippen molar-refractivity contribution in [3.63, 3.8) is 0 Å². The van der Waals surface area contributed by atoms with E-state index in [4.69, 9.17) is 10.8 Å². The third-order valence-corrected chi connectivity index (χ3v) is 2.56. The molecule has 0 saturated heterocycles. The number of rotatable bonds is 3. The molecule has 0 saturated carbocycles. The molecule has 0 heterocycles. The van der Waals surface area contributed by atoms with E-state index in [-0.39, 0.29) is 16.9 Å². The van der Waals surface area contributed by atoms with E-state index in [0.717, 1.165) is 0 Å². The first-order valence-electron chi connectivity index (χ1n) is 5.56. The Morgan fingerprint density at radius 1 is 0.900 bits per heavy atom. The van der Waals surface area contributed by atoms with Gasteiger partial charge in [0.2, 0.25) is 0 Å². The summed E-state index contributed by atoms with van der Waals surface area (Å²) in [7, 11) is 0. The lowest BCUT2D eigenvalue weighted by atomic mass is 10.1. The summed E-state index contributed by atoms with van der Waals surface area (Å²) in [6, 6.07) is 12.5. The second kappa shape index (κ2) is 6.35. The smallest absolute Gasteiger partial charge is 0.335 e. The molecule has 2 aromatic rings. The minimum atomic E-state index is -1.00. The minimum absolute atomic E-state index is 0. The van der Waals surface area contributed by atoms with E-state index in [1.165, 1.54) is 12.1 Å². The van der Waals surface area contributed by atoms with Gasteiger partial charge < -0.3 is 21.6 Å². The Kier molecular flexibility index (Phi) is 4.82. The van der Waals surface area contributed by atoms with Crippen LogP contribution in [0.4, 0.5) is 11.4 Å². The van der Waals surface area contributed by atoms with Crippen molar-refractivity contribution in [2.75, 3.05) is 11.1 Å². The van der Waals surface area contributed by atoms with Gasteiger partial charge in [0.25, 0.3) is 5.91 Å². The second-order valence-corrected chi connectivity index (χ2v) is 3.96. The highest BCUT2D eigenvalue weighted by Crippen LogP contribution is 2.12. The van der Waals surface area contributed by atoms with Gasteiger partial charge in [-0.25, -0.2) is 4.79 Å². The van der Waals surface area contributed by atoms with Gasteiger partial charge in [-0.05, 0) is 48.5 Å². The van der Waals surface area contributed by atoms with Gasteiger partial charge in [-0.1, -0.05) is 0 Å². The number of nitrogens with two attached hydrogens (primary N) is 1. The van der Waals surface area contributed by atoms with Crippen molar-refractivity contribution in [1.29, 1.82) is 0 Å². The maximum absolute atomic E-state index is 11.9. The molecule has 2 aromatic carbocycles. The number of aromatic carboxylic acids is 1. The van der Waals surface area contributed by atoms with Crippen LogP contribution in [0.5, 0.6) is 0 Å². The number of benzene rings is 2. The molecule has 1 amide bonds. The summed E-state index contributed by atoms with van der Waals surface area (Å²) in [5.74, 6) is -1.28. The molecule has 0 spiro atoms. The Balaban J connectivity index is 0.00000200. The summed E-state index contributed by atoms with van der Waals surface area (Å²) >= 11 is 0. The van der Waals surface area contributed by atoms with Crippen molar-refractivity contribution in [2.45, 2.75) is 0 Å². The third kappa shape index (κ3) is 3.56. The van der Waals surface area contributed by atoms with Crippen LogP contribution in [0.15, 0.2) is 48.5 Å². The third-order valence-electron chi connectivity index (χ3n) is 2.56. The first kappa shape index (κ1) is 15.2. The fraction of sp³-hybridized carbons (Fsp3) is 0. The standard InChI is InChI=1S/C14H12N2O3.H2O/c15-11-5-1-9(2-6-11)13(17)16-12-7-3-10(4-8-12)14(18)19;/h1-8H,15H2,(H,16,17)(H,18,19);1H2. The monoisotopic (exact) mass is 274 g/mol. The van der Waals surface area contributed by atoms with Crippen LogP contribution >= 0.6 is 0 Å². The molecule has 104 valence electrons. The topological polar surface area (TPSA) is 124 Å². The first-order chi connectivity index (χ1) is 9.06. The zero-order valence-electron chi connectivity index (χ0n) is 10.5. The molecule has 0 atom stereocenters. The molecule has 6 N–H and O–H groups in total. The van der Waals surface area contributed by atoms with E-state index in [1.807, 2.05) is 0 Å². The fourth-order valence-electron chi connectivity index (χ4n) is 1.53. The average molecular weight is 274 g/mol. The molecular formula is C14H14N2O4. The lowest BCUT2D eigenvalue weighted by molar-refractivity contribution is 0.0696. The number of hydrogen-bond acceptors (Lipinski definition) is 3. The summed E-state index contributed by atoms with van der Waals surface area (Å²) in [6.45, 7) is 0. The lowest BCUT2D eigenvalue weighted by Gasteiger charge is -2.05. The van der Waals surface area contributed by atoms with Crippen molar-refractivity contribution >= 4 is 23.3 Å². The molecule has 0 fully saturated rings. The predicted molar refractivity (Wildman–Crippen MR) is 75.8 cm³/mol. The van der Waals surface area contributed by atoms with Crippen LogP contribution in [-0.2, 0) is 0 Å². The number of carboxylic acids is 1. The van der Waals surface area contributed by atoms with E-state index in [2.05, 4.69) is 5.32 Å². The molecule has 2 rings (SSSR count). The molecule has 0 aliphatic heterocycles. The number of anilines is 2. The van der Waals surface area contributed by atoms with E-state index in [1.54, 1.807) is 36.4 Å². The fourth-order valence-corrected chi connectivity index (χ4v) is 1.53. The molecule has 20 heavy (non-hydrogen) atoms. The highest BCUT2D eigenvalue weighted by molar-refractivity contribution is 6.04. The van der Waals surface area contributed by atoms with Crippen molar-refractivity contribution < 1.29 is 20.2 Å². The Morgan fingerprint density at radius 3 is 1.90 bits per heavy atom. The summed E-state index contributed by atoms with van der Waals surface area (Å²) in [6.07, 6.45) is 0. The molecule has 0 unspecified atom stereocenters. The van der Waals surface area contributed by atoms with Crippen LogP contribution in [0, 0.1) is 0 Å². The average Bonchev–Trinajstić information content (AvgIpc) is 2.40. The summed E-state index contributed by atoms with van der Waals surface area (Å²) in [5.41, 5.74) is 7.31. The van der Waals surface area contributed by atoms with Crippen molar-refractivity contribution in [2.24, 2.45) is 0 Å². The minimum Gasteiger partial charge on any atom is -0.478 e. The van der Waals surface area contributed by atoms with Gasteiger partial charge >= 0.3 is 5.97 Å². The van der Waals surface area contributed by atoms with Crippen LogP contribution in [0.3, 0.4) is 0 Å². The van der Waals surface area contributed by atoms with Crippen molar-refractivity contribution in [3.05, 3.63) is 59.7 Å². The lowest BCUT2D eigenvalue weighted by Crippen LogP contribution is -2.12. The Morgan fingerprint density at radius 2 is 1.40 bits per heavy atom. The number of carboxylic acid groups (broad SMARTS) is 1. The number of nitrogen functional groups attached to an aromatic ring is 1. The van der Waals surface area contributed by atoms with Crippen LogP contribution < -0.4 is 11.1 Å². The van der Waals surface area contributed by atoms with Crippen LogP contribution in [0.25, 0.3) is 0 Å². The van der Waals surface area contributed by atoms with Gasteiger partial charge in [0, 0.05) is 16.9 Å². The number of hydrogen-bond donors (Lipinski definition) is 3. The van der Waals surface area contributed by atoms with Crippen LogP contribution in [0.1, 0.15) is 20.7 Å². The number of nitrogens with one attached hydrogen (secondary N) is 1. The van der Waals surface area contributed by atoms with E-state index in [0.29, 0.717) is 16.9 Å². The van der Waals surface area contributed by atoms with E-state index in [9.17, 15) is 9.59 Å². The molecule has 0 bridgehead atoms. The first-order valence-corrected chi connectivity index (χ1v) is 5.56. The summed E-state index contributed by atoms with van der Waals surface area (Å²) in [5, 5.41) is 11.4. The summed E-state index contributed by atoms with van der Waals surface area (Å²) in [4.78, 5) is 22.6. The zero-order valence-corrected chi connectivity index (χ0v) is 10.5.